The molecule has 12 nitrogen and oxygen atoms in total. The van der Waals surface area contributed by atoms with E-state index in [9.17, 15) is 24.0 Å². The summed E-state index contributed by atoms with van der Waals surface area (Å²) in [5.74, 6) is -1.53. The van der Waals surface area contributed by atoms with Crippen LogP contribution in [0.25, 0.3) is 0 Å². The molecular formula is C38H40N5O7S+. The molecule has 2 unspecified atom stereocenters. The van der Waals surface area contributed by atoms with Crippen LogP contribution in [-0.2, 0) is 41.7 Å². The zero-order valence-corrected chi connectivity index (χ0v) is 29.4. The van der Waals surface area contributed by atoms with Crippen LogP contribution in [0, 0.1) is 0 Å². The highest BCUT2D eigenvalue weighted by molar-refractivity contribution is 8.00. The van der Waals surface area contributed by atoms with Crippen molar-refractivity contribution in [3.63, 3.8) is 0 Å². The maximum absolute atomic E-state index is 14.3. The molecule has 2 saturated heterocycles. The molecule has 0 bridgehead atoms. The lowest BCUT2D eigenvalue weighted by molar-refractivity contribution is -0.684. The van der Waals surface area contributed by atoms with Crippen molar-refractivity contribution in [3.05, 3.63) is 125 Å². The van der Waals surface area contributed by atoms with Crippen LogP contribution in [0.15, 0.2) is 108 Å². The van der Waals surface area contributed by atoms with E-state index in [1.165, 1.54) is 16.7 Å². The molecule has 0 aliphatic carbocycles. The first-order chi connectivity index (χ1) is 24.4. The van der Waals surface area contributed by atoms with Gasteiger partial charge in [-0.05, 0) is 55.5 Å². The van der Waals surface area contributed by atoms with E-state index in [4.69, 9.17) is 15.2 Å². The Labute approximate surface area is 300 Å². The number of amides is 4. The number of esters is 1. The van der Waals surface area contributed by atoms with Crippen LogP contribution in [0.5, 0.6) is 0 Å². The van der Waals surface area contributed by atoms with E-state index in [1.54, 1.807) is 48.7 Å². The van der Waals surface area contributed by atoms with E-state index < -0.39 is 47.0 Å². The smallest absolute Gasteiger partial charge is 0.408 e. The van der Waals surface area contributed by atoms with E-state index >= 15 is 0 Å². The van der Waals surface area contributed by atoms with Crippen molar-refractivity contribution in [1.29, 1.82) is 0 Å². The number of β-lactam (4-membered cyclic amide) rings is 1. The Bertz CT molecular complexity index is 1850. The lowest BCUT2D eigenvalue weighted by Gasteiger charge is -2.49. The second-order valence-corrected chi connectivity index (χ2v) is 14.6. The van der Waals surface area contributed by atoms with Gasteiger partial charge in [0.2, 0.25) is 12.5 Å². The summed E-state index contributed by atoms with van der Waals surface area (Å²) in [6, 6.07) is 21.4. The summed E-state index contributed by atoms with van der Waals surface area (Å²) in [4.78, 5) is 68.6. The molecule has 3 aliphatic rings. The number of carbonyl (C=O) groups excluding carboxylic acids is 5. The van der Waals surface area contributed by atoms with Gasteiger partial charge in [-0.15, -0.1) is 11.8 Å². The SMILES string of the molecule is CC(C)(C)OC(=O)NC1C(=O)N2C(C(=O)OC(c3ccccc3)c3ccccc3)=C(C=C3CCN(Cc4cc[n+](CC(N)=O)cc4)C3=O)CSC12. The number of alkyl carbamates (subject to hydrolysis) is 1. The van der Waals surface area contributed by atoms with Crippen LogP contribution in [0.1, 0.15) is 50.0 Å². The minimum Gasteiger partial charge on any atom is -0.448 e. The number of benzene rings is 2. The first-order valence-electron chi connectivity index (χ1n) is 16.6. The Balaban J connectivity index is 1.29. The predicted octanol–water partition coefficient (Wildman–Crippen LogP) is 3.51. The molecule has 4 amide bonds. The number of fused-ring (bicyclic) bond motifs is 1. The van der Waals surface area contributed by atoms with Gasteiger partial charge in [0.05, 0.1) is 0 Å². The van der Waals surface area contributed by atoms with E-state index in [-0.39, 0.29) is 18.1 Å². The summed E-state index contributed by atoms with van der Waals surface area (Å²) >= 11 is 1.38. The molecule has 3 aliphatic heterocycles. The van der Waals surface area contributed by atoms with Crippen molar-refractivity contribution in [2.24, 2.45) is 5.73 Å². The van der Waals surface area contributed by atoms with Crippen LogP contribution >= 0.6 is 11.8 Å². The Morgan fingerprint density at radius 1 is 1.00 bits per heavy atom. The van der Waals surface area contributed by atoms with Gasteiger partial charge in [-0.3, -0.25) is 19.3 Å². The lowest BCUT2D eigenvalue weighted by atomic mass is 10.00. The number of nitrogens with one attached hydrogen (secondary N) is 1. The minimum absolute atomic E-state index is 0.0451. The van der Waals surface area contributed by atoms with Gasteiger partial charge < -0.3 is 25.4 Å². The topological polar surface area (TPSA) is 152 Å². The molecule has 4 heterocycles. The Morgan fingerprint density at radius 3 is 2.22 bits per heavy atom. The number of pyridine rings is 1. The number of nitrogens with two attached hydrogens (primary N) is 1. The number of thioether (sulfide) groups is 1. The molecule has 0 spiro atoms. The quantitative estimate of drug-likeness (QED) is 0.140. The van der Waals surface area contributed by atoms with Gasteiger partial charge in [-0.2, -0.15) is 4.57 Å². The highest BCUT2D eigenvalue weighted by Gasteiger charge is 2.55. The maximum atomic E-state index is 14.3. The molecule has 2 aromatic carbocycles. The molecule has 3 N–H and O–H groups in total. The third-order valence-corrected chi connectivity index (χ3v) is 9.83. The first-order valence-corrected chi connectivity index (χ1v) is 17.7. The summed E-state index contributed by atoms with van der Waals surface area (Å²) in [5.41, 5.74) is 7.95. The van der Waals surface area contributed by atoms with Gasteiger partial charge in [0.25, 0.3) is 11.8 Å². The van der Waals surface area contributed by atoms with Crippen molar-refractivity contribution in [3.8, 4) is 0 Å². The van der Waals surface area contributed by atoms with E-state index in [2.05, 4.69) is 5.32 Å². The van der Waals surface area contributed by atoms with Crippen molar-refractivity contribution in [2.45, 2.75) is 63.4 Å². The number of likely N-dealkylation sites (tertiary alicyclic amines) is 1. The van der Waals surface area contributed by atoms with E-state index in [1.807, 2.05) is 72.8 Å². The molecule has 0 radical (unpaired) electrons. The third-order valence-electron chi connectivity index (χ3n) is 8.53. The number of aromatic nitrogens is 1. The number of hydrogen-bond acceptors (Lipinski definition) is 8. The fraction of sp³-hybridized carbons (Fsp3) is 0.316. The highest BCUT2D eigenvalue weighted by atomic mass is 32.2. The van der Waals surface area contributed by atoms with Gasteiger partial charge in [0.15, 0.2) is 18.5 Å². The van der Waals surface area contributed by atoms with E-state index in [0.717, 1.165) is 16.7 Å². The van der Waals surface area contributed by atoms with Crippen molar-refractivity contribution >= 4 is 41.5 Å². The average molecular weight is 711 g/mol. The number of allylic oxidation sites excluding steroid dienone is 1. The summed E-state index contributed by atoms with van der Waals surface area (Å²) in [5, 5.41) is 2.09. The van der Waals surface area contributed by atoms with Crippen LogP contribution in [0.3, 0.4) is 0 Å². The molecule has 264 valence electrons. The summed E-state index contributed by atoms with van der Waals surface area (Å²) < 4.78 is 13.3. The highest BCUT2D eigenvalue weighted by Crippen LogP contribution is 2.42. The molecule has 3 aromatic rings. The standard InChI is InChI=1S/C38H39N5O7S/c1-38(2,3)50-37(48)40-30-34(46)43-31(36(47)49-32(25-10-6-4-7-11-25)26-12-8-5-9-13-26)28(23-51-35(30)43)20-27-16-19-42(33(27)45)21-24-14-17-41(18-15-24)22-29(39)44/h4-15,17-18,20,30,32,35H,16,19,21-23H2,1-3H3,(H2-,39,40,44,48)/p+1. The molecule has 6 rings (SSSR count). The zero-order chi connectivity index (χ0) is 36.3. The fourth-order valence-corrected chi connectivity index (χ4v) is 7.49. The van der Waals surface area contributed by atoms with Crippen LogP contribution in [-0.4, -0.2) is 68.9 Å². The molecule has 2 atom stereocenters. The summed E-state index contributed by atoms with van der Waals surface area (Å²) in [6.07, 6.45) is 4.13. The Hall–Kier alpha value is -5.43. The number of carbonyl (C=O) groups is 5. The fourth-order valence-electron chi connectivity index (χ4n) is 6.19. The second kappa shape index (κ2) is 14.8. The summed E-state index contributed by atoms with van der Waals surface area (Å²) in [6.45, 7) is 6.08. The molecule has 51 heavy (non-hydrogen) atoms. The van der Waals surface area contributed by atoms with Gasteiger partial charge in [-0.25, -0.2) is 9.59 Å². The van der Waals surface area contributed by atoms with Gasteiger partial charge >= 0.3 is 12.1 Å². The number of ether oxygens (including phenoxy) is 2. The number of hydrogen-bond donors (Lipinski definition) is 2. The third kappa shape index (κ3) is 8.15. The monoisotopic (exact) mass is 710 g/mol. The number of nitrogens with zero attached hydrogens (tertiary/aromatic N) is 3. The largest absolute Gasteiger partial charge is 0.448 e. The van der Waals surface area contributed by atoms with E-state index in [0.29, 0.717) is 36.4 Å². The van der Waals surface area contributed by atoms with Crippen molar-refractivity contribution in [1.82, 2.24) is 15.1 Å². The normalized spacial score (nSPS) is 19.6. The molecule has 13 heteroatoms. The first kappa shape index (κ1) is 35.4. The number of rotatable bonds is 10. The van der Waals surface area contributed by atoms with Gasteiger partial charge in [-0.1, -0.05) is 60.7 Å². The second-order valence-electron chi connectivity index (χ2n) is 13.5. The van der Waals surface area contributed by atoms with Crippen LogP contribution < -0.4 is 15.6 Å². The minimum atomic E-state index is -0.906. The molecule has 0 saturated carbocycles. The Morgan fingerprint density at radius 2 is 1.63 bits per heavy atom. The van der Waals surface area contributed by atoms with Crippen molar-refractivity contribution < 1.29 is 38.0 Å². The zero-order valence-electron chi connectivity index (χ0n) is 28.6. The van der Waals surface area contributed by atoms with Gasteiger partial charge in [0, 0.05) is 36.5 Å². The van der Waals surface area contributed by atoms with Crippen LogP contribution in [0.4, 0.5) is 4.79 Å². The van der Waals surface area contributed by atoms with Crippen LogP contribution in [0.2, 0.25) is 0 Å². The van der Waals surface area contributed by atoms with Crippen molar-refractivity contribution in [2.75, 3.05) is 12.3 Å². The predicted molar refractivity (Wildman–Crippen MR) is 188 cm³/mol. The van der Waals surface area contributed by atoms with Gasteiger partial charge in [0.1, 0.15) is 22.7 Å². The maximum Gasteiger partial charge on any atom is 0.408 e. The average Bonchev–Trinajstić information content (AvgIpc) is 3.44. The molecule has 2 fully saturated rings. The summed E-state index contributed by atoms with van der Waals surface area (Å²) in [7, 11) is 0. The Kier molecular flexibility index (Phi) is 10.3. The molecular weight excluding hydrogens is 671 g/mol. The lowest BCUT2D eigenvalue weighted by Crippen LogP contribution is -2.70. The number of primary amides is 1. The molecule has 1 aromatic heterocycles.